The molecule has 0 aliphatic carbocycles. The molecule has 0 saturated carbocycles. The highest BCUT2D eigenvalue weighted by Gasteiger charge is 2.14. The van der Waals surface area contributed by atoms with Crippen LogP contribution in [0.5, 0.6) is 0 Å². The highest BCUT2D eigenvalue weighted by Crippen LogP contribution is 2.18. The summed E-state index contributed by atoms with van der Waals surface area (Å²) in [5, 5.41) is 8.40. The summed E-state index contributed by atoms with van der Waals surface area (Å²) < 4.78 is 0. The van der Waals surface area contributed by atoms with Gasteiger partial charge < -0.3 is 10.6 Å². The molecule has 3 rings (SSSR count). The van der Waals surface area contributed by atoms with Crippen molar-refractivity contribution >= 4 is 39.9 Å². The number of rotatable bonds is 6. The lowest BCUT2D eigenvalue weighted by Crippen LogP contribution is -2.32. The Balaban J connectivity index is 1.44. The number of anilines is 1. The third kappa shape index (κ3) is 5.52. The molecule has 2 N–H and O–H groups in total. The average Bonchev–Trinajstić information content (AvgIpc) is 3.08. The first-order chi connectivity index (χ1) is 12.6. The van der Waals surface area contributed by atoms with E-state index in [1.54, 1.807) is 24.3 Å². The zero-order valence-electron chi connectivity index (χ0n) is 14.3. The van der Waals surface area contributed by atoms with E-state index in [2.05, 4.69) is 20.5 Å². The number of carbonyl (C=O) groups is 2. The zero-order valence-corrected chi connectivity index (χ0v) is 15.9. The second-order valence-electron chi connectivity index (χ2n) is 6.22. The van der Waals surface area contributed by atoms with Crippen LogP contribution in [0.2, 0.25) is 5.02 Å². The van der Waals surface area contributed by atoms with Crippen LogP contribution in [0.1, 0.15) is 35.3 Å². The topological polar surface area (TPSA) is 74.3 Å². The van der Waals surface area contributed by atoms with E-state index in [0.717, 1.165) is 25.3 Å². The van der Waals surface area contributed by atoms with Gasteiger partial charge in [0.1, 0.15) is 0 Å². The van der Waals surface area contributed by atoms with Crippen LogP contribution in [0, 0.1) is 0 Å². The lowest BCUT2D eigenvalue weighted by Gasteiger charge is -2.25. The molecule has 6 nitrogen and oxygen atoms in total. The quantitative estimate of drug-likeness (QED) is 0.791. The molecule has 0 atom stereocenters. The van der Waals surface area contributed by atoms with Gasteiger partial charge >= 0.3 is 0 Å². The van der Waals surface area contributed by atoms with Crippen molar-refractivity contribution in [3.8, 4) is 0 Å². The Morgan fingerprint density at radius 2 is 1.88 bits per heavy atom. The second kappa shape index (κ2) is 9.12. The van der Waals surface area contributed by atoms with Gasteiger partial charge in [0.25, 0.3) is 5.91 Å². The third-order valence-corrected chi connectivity index (χ3v) is 5.21. The number of aromatic nitrogens is 1. The van der Waals surface area contributed by atoms with Crippen LogP contribution in [-0.4, -0.2) is 41.3 Å². The summed E-state index contributed by atoms with van der Waals surface area (Å²) in [6.45, 7) is 2.92. The Bertz CT molecular complexity index is 757. The van der Waals surface area contributed by atoms with Crippen molar-refractivity contribution < 1.29 is 9.59 Å². The number of nitrogens with zero attached hydrogens (tertiary/aromatic N) is 2. The SMILES string of the molecule is O=C(CNC(=O)c1ccc(Cl)cc1)Nc1nc(CN2CCCCC2)cs1. The molecule has 2 heterocycles. The summed E-state index contributed by atoms with van der Waals surface area (Å²) in [6.07, 6.45) is 3.78. The number of likely N-dealkylation sites (tertiary alicyclic amines) is 1. The van der Waals surface area contributed by atoms with Crippen LogP contribution in [0.25, 0.3) is 0 Å². The summed E-state index contributed by atoms with van der Waals surface area (Å²) in [6, 6.07) is 6.50. The maximum atomic E-state index is 12.0. The van der Waals surface area contributed by atoms with E-state index in [-0.39, 0.29) is 18.4 Å². The first kappa shape index (κ1) is 18.8. The number of thiazole rings is 1. The van der Waals surface area contributed by atoms with E-state index < -0.39 is 0 Å². The first-order valence-corrected chi connectivity index (χ1v) is 9.86. The van der Waals surface area contributed by atoms with Crippen LogP contribution in [0.3, 0.4) is 0 Å². The number of carbonyl (C=O) groups excluding carboxylic acids is 2. The molecule has 1 saturated heterocycles. The normalized spacial score (nSPS) is 14.8. The number of hydrogen-bond donors (Lipinski definition) is 2. The summed E-state index contributed by atoms with van der Waals surface area (Å²) >= 11 is 7.19. The number of benzene rings is 1. The Hall–Kier alpha value is -1.96. The van der Waals surface area contributed by atoms with E-state index in [4.69, 9.17) is 11.6 Å². The predicted molar refractivity (Wildman–Crippen MR) is 104 cm³/mol. The summed E-state index contributed by atoms with van der Waals surface area (Å²) in [7, 11) is 0. The predicted octanol–water partition coefficient (Wildman–Crippen LogP) is 3.15. The number of hydrogen-bond acceptors (Lipinski definition) is 5. The molecule has 1 aromatic heterocycles. The lowest BCUT2D eigenvalue weighted by atomic mass is 10.1. The fourth-order valence-corrected chi connectivity index (χ4v) is 3.65. The van der Waals surface area contributed by atoms with Gasteiger partial charge in [-0.1, -0.05) is 18.0 Å². The number of piperidine rings is 1. The first-order valence-electron chi connectivity index (χ1n) is 8.60. The Morgan fingerprint density at radius 1 is 1.15 bits per heavy atom. The molecule has 1 aliphatic heterocycles. The third-order valence-electron chi connectivity index (χ3n) is 4.15. The maximum Gasteiger partial charge on any atom is 0.251 e. The van der Waals surface area contributed by atoms with Crippen LogP contribution in [0.4, 0.5) is 5.13 Å². The molecule has 1 aromatic carbocycles. The van der Waals surface area contributed by atoms with Gasteiger partial charge in [-0.25, -0.2) is 4.98 Å². The molecule has 2 amide bonds. The standard InChI is InChI=1S/C18H21ClN4O2S/c19-14-6-4-13(5-7-14)17(25)20-10-16(24)22-18-21-15(12-26-18)11-23-8-2-1-3-9-23/h4-7,12H,1-3,8-11H2,(H,20,25)(H,21,22,24). The van der Waals surface area contributed by atoms with Crippen molar-refractivity contribution in [1.82, 2.24) is 15.2 Å². The van der Waals surface area contributed by atoms with Gasteiger partial charge in [0.05, 0.1) is 12.2 Å². The van der Waals surface area contributed by atoms with Crippen molar-refractivity contribution in [3.05, 3.63) is 45.9 Å². The zero-order chi connectivity index (χ0) is 18.4. The van der Waals surface area contributed by atoms with Crippen molar-refractivity contribution in [2.75, 3.05) is 25.0 Å². The van der Waals surface area contributed by atoms with Crippen LogP contribution in [-0.2, 0) is 11.3 Å². The highest BCUT2D eigenvalue weighted by molar-refractivity contribution is 7.13. The monoisotopic (exact) mass is 392 g/mol. The van der Waals surface area contributed by atoms with E-state index in [0.29, 0.717) is 15.7 Å². The van der Waals surface area contributed by atoms with Gasteiger partial charge in [-0.15, -0.1) is 11.3 Å². The molecule has 1 fully saturated rings. The Kier molecular flexibility index (Phi) is 6.60. The Morgan fingerprint density at radius 3 is 2.62 bits per heavy atom. The fraction of sp³-hybridized carbons (Fsp3) is 0.389. The van der Waals surface area contributed by atoms with Crippen LogP contribution >= 0.6 is 22.9 Å². The summed E-state index contributed by atoms with van der Waals surface area (Å²) in [5.74, 6) is -0.618. The Labute approximate surface area is 161 Å². The van der Waals surface area contributed by atoms with Gasteiger partial charge in [0, 0.05) is 22.5 Å². The van der Waals surface area contributed by atoms with Crippen LogP contribution in [0.15, 0.2) is 29.6 Å². The minimum atomic E-state index is -0.318. The summed E-state index contributed by atoms with van der Waals surface area (Å²) in [5.41, 5.74) is 1.43. The number of amides is 2. The highest BCUT2D eigenvalue weighted by atomic mass is 35.5. The smallest absolute Gasteiger partial charge is 0.251 e. The van der Waals surface area contributed by atoms with Crippen molar-refractivity contribution in [2.24, 2.45) is 0 Å². The number of halogens is 1. The molecular weight excluding hydrogens is 372 g/mol. The molecule has 0 bridgehead atoms. The van der Waals surface area contributed by atoms with E-state index in [1.165, 1.54) is 30.6 Å². The molecule has 2 aromatic rings. The molecule has 1 aliphatic rings. The van der Waals surface area contributed by atoms with Gasteiger partial charge in [0.15, 0.2) is 5.13 Å². The van der Waals surface area contributed by atoms with E-state index in [9.17, 15) is 9.59 Å². The van der Waals surface area contributed by atoms with E-state index in [1.807, 2.05) is 5.38 Å². The molecule has 0 spiro atoms. The second-order valence-corrected chi connectivity index (χ2v) is 7.51. The molecule has 0 unspecified atom stereocenters. The van der Waals surface area contributed by atoms with Gasteiger partial charge in [-0.3, -0.25) is 14.5 Å². The minimum absolute atomic E-state index is 0.109. The van der Waals surface area contributed by atoms with Gasteiger partial charge in [0.2, 0.25) is 5.91 Å². The molecule has 8 heteroatoms. The van der Waals surface area contributed by atoms with E-state index >= 15 is 0 Å². The van der Waals surface area contributed by atoms with Crippen LogP contribution < -0.4 is 10.6 Å². The molecule has 0 radical (unpaired) electrons. The molecule has 138 valence electrons. The largest absolute Gasteiger partial charge is 0.343 e. The molecule has 26 heavy (non-hydrogen) atoms. The van der Waals surface area contributed by atoms with Crippen molar-refractivity contribution in [1.29, 1.82) is 0 Å². The average molecular weight is 393 g/mol. The maximum absolute atomic E-state index is 12.0. The van der Waals surface area contributed by atoms with Gasteiger partial charge in [-0.2, -0.15) is 0 Å². The molecular formula is C18H21ClN4O2S. The van der Waals surface area contributed by atoms with Crippen molar-refractivity contribution in [3.63, 3.8) is 0 Å². The van der Waals surface area contributed by atoms with Gasteiger partial charge in [-0.05, 0) is 50.2 Å². The number of nitrogens with one attached hydrogen (secondary N) is 2. The fourth-order valence-electron chi connectivity index (χ4n) is 2.81. The lowest BCUT2D eigenvalue weighted by molar-refractivity contribution is -0.115. The van der Waals surface area contributed by atoms with Crippen molar-refractivity contribution in [2.45, 2.75) is 25.8 Å². The summed E-state index contributed by atoms with van der Waals surface area (Å²) in [4.78, 5) is 30.8. The minimum Gasteiger partial charge on any atom is -0.343 e.